The first-order valence-electron chi connectivity index (χ1n) is 48.8. The van der Waals surface area contributed by atoms with E-state index >= 15 is 0 Å². The van der Waals surface area contributed by atoms with Crippen molar-refractivity contribution in [3.05, 3.63) is 29.8 Å². The lowest BCUT2D eigenvalue weighted by molar-refractivity contribution is -0.143. The lowest BCUT2D eigenvalue weighted by Crippen LogP contribution is -2.63. The van der Waals surface area contributed by atoms with Crippen molar-refractivity contribution < 1.29 is 127 Å². The molecule has 1 rings (SSSR count). The first-order valence-corrected chi connectivity index (χ1v) is 49.5. The number of rotatable bonds is 76. The molecule has 0 radical (unpaired) electrons. The van der Waals surface area contributed by atoms with Gasteiger partial charge in [0.15, 0.2) is 17.9 Å². The number of aromatic hydroxyl groups is 1. The summed E-state index contributed by atoms with van der Waals surface area (Å²) in [6.45, 7) is 6.60. The SMILES string of the molecule is CC(C)C[C@H](NC(=O)[C@@H](NC(=O)[C@H](CCCCN)NC(=O)[C@@H](NC(=O)[C@H](CO)NC(=O)[C@H](CCCCN)NC(=O)[C@@H](NC(=O)[C@H](C)NC(=O)[C@H](CCCNC(=N)N)NC(=O)[C@H](Cc1ccc(O)cc1)NC(=O)[C@H](CC(N)=O)NC(=O)[C@@H](N)CS)[C@@H](C)O)C(C)C)[C@@H](C)O)C(=O)N[C@@H](CCCNC(=N)N)C(=O)N[C@@H](CCCCN)C(=O)N[C@@H](CCCNC(=N)N)C(=O)N[C@@H](CO)C(=O)N[C@@H](CO)C(=O)N[C@@H](CCCCN)C(=O)O. The largest absolute Gasteiger partial charge is 0.508 e. The fraction of sp³-hybridized carbons (Fsp3) is 0.685. The molecule has 0 saturated carbocycles. The zero-order chi connectivity index (χ0) is 112. The molecule has 0 fully saturated rings. The van der Waals surface area contributed by atoms with Crippen LogP contribution in [0.4, 0.5) is 0 Å². The summed E-state index contributed by atoms with van der Waals surface area (Å²) in [6, 6.07) is -24.6. The van der Waals surface area contributed by atoms with Crippen molar-refractivity contribution in [3.63, 3.8) is 0 Å². The monoisotopic (exact) mass is 2130 g/mol. The van der Waals surface area contributed by atoms with Gasteiger partial charge in [0.05, 0.1) is 44.5 Å². The van der Waals surface area contributed by atoms with Crippen LogP contribution in [-0.2, 0) is 97.5 Å². The third-order valence-electron chi connectivity index (χ3n) is 22.6. The van der Waals surface area contributed by atoms with Gasteiger partial charge < -0.3 is 194 Å². The second kappa shape index (κ2) is 72.1. The van der Waals surface area contributed by atoms with E-state index in [9.17, 15) is 127 Å². The number of carbonyl (C=O) groups is 19. The molecule has 0 unspecified atom stereocenters. The molecule has 1 aromatic carbocycles. The van der Waals surface area contributed by atoms with Gasteiger partial charge in [0.25, 0.3) is 0 Å². The molecule has 0 aliphatic heterocycles. The van der Waals surface area contributed by atoms with Gasteiger partial charge in [-0.1, -0.05) is 39.8 Å². The number of carboxylic acid groups (broad SMARTS) is 1. The number of thiol groups is 1. The second-order valence-electron chi connectivity index (χ2n) is 36.1. The number of phenols is 1. The van der Waals surface area contributed by atoms with Crippen LogP contribution in [-0.4, -0.2) is 358 Å². The number of aliphatic hydroxyl groups excluding tert-OH is 5. The topological polar surface area (TPSA) is 1010 Å². The van der Waals surface area contributed by atoms with Crippen LogP contribution >= 0.6 is 12.6 Å². The van der Waals surface area contributed by atoms with E-state index in [-0.39, 0.29) is 173 Å². The Morgan fingerprint density at radius 2 is 0.588 bits per heavy atom. The lowest BCUT2D eigenvalue weighted by atomic mass is 10.00. The summed E-state index contributed by atoms with van der Waals surface area (Å²) in [5, 5.41) is 145. The summed E-state index contributed by atoms with van der Waals surface area (Å²) in [7, 11) is 0. The molecule has 59 heteroatoms. The van der Waals surface area contributed by atoms with Crippen LogP contribution in [0.2, 0.25) is 0 Å². The molecule has 0 saturated heterocycles. The predicted octanol–water partition coefficient (Wildman–Crippen LogP) is -13.8. The maximum Gasteiger partial charge on any atom is 0.326 e. The van der Waals surface area contributed by atoms with Gasteiger partial charge in [-0.25, -0.2) is 4.79 Å². The Kier molecular flexibility index (Phi) is 64.7. The maximum atomic E-state index is 14.8. The number of carboxylic acids is 1. The minimum absolute atomic E-state index is 0.00587. The van der Waals surface area contributed by atoms with E-state index in [1.807, 2.05) is 0 Å². The molecule has 0 spiro atoms. The fourth-order valence-electron chi connectivity index (χ4n) is 14.3. The van der Waals surface area contributed by atoms with Gasteiger partial charge in [0.2, 0.25) is 106 Å². The van der Waals surface area contributed by atoms with E-state index in [0.29, 0.717) is 18.4 Å². The van der Waals surface area contributed by atoms with Crippen molar-refractivity contribution in [1.29, 1.82) is 16.2 Å². The number of nitrogens with one attached hydrogen (secondary N) is 23. The van der Waals surface area contributed by atoms with Crippen LogP contribution in [0.25, 0.3) is 0 Å². The third kappa shape index (κ3) is 52.3. The quantitative estimate of drug-likeness (QED) is 0.0125. The van der Waals surface area contributed by atoms with Gasteiger partial charge in [0.1, 0.15) is 108 Å². The lowest BCUT2D eigenvalue weighted by Gasteiger charge is -2.30. The summed E-state index contributed by atoms with van der Waals surface area (Å²) >= 11 is 3.99. The zero-order valence-electron chi connectivity index (χ0n) is 84.7. The molecule has 0 aliphatic carbocycles. The van der Waals surface area contributed by atoms with Gasteiger partial charge in [-0.05, 0) is 198 Å². The van der Waals surface area contributed by atoms with Crippen molar-refractivity contribution in [2.24, 2.45) is 63.4 Å². The Labute approximate surface area is 863 Å². The molecule has 0 bridgehead atoms. The highest BCUT2D eigenvalue weighted by atomic mass is 32.1. The molecular formula is C89H160N32O26S. The molecule has 0 heterocycles. The molecule has 0 aromatic heterocycles. The van der Waals surface area contributed by atoms with E-state index < -0.39 is 289 Å². The van der Waals surface area contributed by atoms with Crippen molar-refractivity contribution >= 4 is 143 Å². The van der Waals surface area contributed by atoms with Crippen LogP contribution < -0.4 is 158 Å². The van der Waals surface area contributed by atoms with Crippen molar-refractivity contribution in [3.8, 4) is 5.75 Å². The molecule has 838 valence electrons. The number of aliphatic carboxylic acids is 1. The highest BCUT2D eigenvalue weighted by Gasteiger charge is 2.42. The number of primary amides is 1. The Hall–Kier alpha value is -13.3. The average Bonchev–Trinajstić information content (AvgIpc) is 0.834. The van der Waals surface area contributed by atoms with Gasteiger partial charge in [-0.2, -0.15) is 12.6 Å². The van der Waals surface area contributed by atoms with Crippen molar-refractivity contribution in [2.75, 3.05) is 71.4 Å². The smallest absolute Gasteiger partial charge is 0.326 e. The number of carbonyl (C=O) groups excluding carboxylic acids is 18. The standard InChI is InChI=1S/C89H160N32O26S/c1-44(2)37-59(77(137)109-56(24-17-35-103-88(98)99)73(133)106-52(19-8-12-30-90)72(132)107-57(25-18-36-104-89(100)101)75(135)116-63(41-123)81(141)118-62(40-122)80(140)112-58(86(146)147)22-11-15-33-93)115-85(145)68(48(7)126)121-76(136)54(21-10-14-32-92)110-83(143)66(45(3)4)119-82(142)64(42-124)117-74(134)53(20-9-13-31-91)111-84(144)67(47(6)125)120-69(129)46(5)105-71(131)55(23-16-34-102-87(96)97)108-78(138)60(38-49-26-28-50(127)29-27-49)114-79(139)61(39-65(95)128)113-70(130)51(94)43-148/h26-29,44-48,51-64,66-68,122-127,148H,8-25,30-43,90-94H2,1-7H3,(H2,95,128)(H,105,131)(H,106,133)(H,107,132)(H,108,138)(H,109,137)(H,110,143)(H,111,144)(H,112,140)(H,113,130)(H,114,139)(H,115,145)(H,116,135)(H,117,134)(H,118,141)(H,119,142)(H,120,129)(H,121,136)(H,146,147)(H4,96,97,102)(H4,98,99,103)(H4,100,101,104)/t46-,47+,48+,51-,52-,53-,54-,55-,56-,57-,58-,59-,60-,61-,62-,63-,64-,66-,67-,68-/m0/s1. The van der Waals surface area contributed by atoms with Gasteiger partial charge in [0, 0.05) is 31.8 Å². The molecule has 1 aromatic rings. The number of phenolic OH excluding ortho intramolecular Hbond substituents is 1. The van der Waals surface area contributed by atoms with Gasteiger partial charge in [-0.3, -0.25) is 103 Å². The van der Waals surface area contributed by atoms with Gasteiger partial charge in [-0.15, -0.1) is 0 Å². The number of unbranched alkanes of at least 4 members (excludes halogenated alkanes) is 4. The van der Waals surface area contributed by atoms with E-state index in [2.05, 4.69) is 119 Å². The van der Waals surface area contributed by atoms with E-state index in [1.54, 1.807) is 13.8 Å². The first kappa shape index (κ1) is 133. The van der Waals surface area contributed by atoms with Gasteiger partial charge >= 0.3 is 5.97 Å². The molecule has 148 heavy (non-hydrogen) atoms. The summed E-state index contributed by atoms with van der Waals surface area (Å²) in [6.07, 6.45) is -4.42. The summed E-state index contributed by atoms with van der Waals surface area (Å²) in [5.74, 6) is -24.2. The minimum Gasteiger partial charge on any atom is -0.508 e. The normalized spacial score (nSPS) is 15.2. The van der Waals surface area contributed by atoms with Crippen molar-refractivity contribution in [1.82, 2.24) is 106 Å². The molecule has 48 N–H and O–H groups in total. The third-order valence-corrected chi connectivity index (χ3v) is 23.0. The summed E-state index contributed by atoms with van der Waals surface area (Å²) < 4.78 is 0. The first-order chi connectivity index (χ1) is 69.8. The van der Waals surface area contributed by atoms with E-state index in [1.165, 1.54) is 38.1 Å². The van der Waals surface area contributed by atoms with E-state index in [0.717, 1.165) is 20.8 Å². The second-order valence-corrected chi connectivity index (χ2v) is 36.5. The Balaban J connectivity index is 3.73. The van der Waals surface area contributed by atoms with Crippen LogP contribution in [0.15, 0.2) is 24.3 Å². The molecular weight excluding hydrogens is 1970 g/mol. The fourth-order valence-corrected chi connectivity index (χ4v) is 14.5. The van der Waals surface area contributed by atoms with Crippen LogP contribution in [0.5, 0.6) is 5.75 Å². The number of amides is 18. The summed E-state index contributed by atoms with van der Waals surface area (Å²) in [5.41, 5.74) is 51.0. The van der Waals surface area contributed by atoms with Crippen LogP contribution in [0.3, 0.4) is 0 Å². The highest BCUT2D eigenvalue weighted by molar-refractivity contribution is 7.80. The number of aliphatic hydroxyl groups is 5. The number of benzene rings is 1. The zero-order valence-corrected chi connectivity index (χ0v) is 85.6. The Morgan fingerprint density at radius 1 is 0.324 bits per heavy atom. The summed E-state index contributed by atoms with van der Waals surface area (Å²) in [4.78, 5) is 265. The highest BCUT2D eigenvalue weighted by Crippen LogP contribution is 2.18. The average molecular weight is 2130 g/mol. The Morgan fingerprint density at radius 3 is 0.912 bits per heavy atom. The molecule has 18 amide bonds. The molecule has 58 nitrogen and oxygen atoms in total. The molecule has 0 aliphatic rings. The predicted molar refractivity (Wildman–Crippen MR) is 542 cm³/mol. The number of hydrogen-bond acceptors (Lipinski definition) is 34. The maximum absolute atomic E-state index is 14.8. The number of nitrogens with two attached hydrogens (primary N) is 9. The molecule has 20 atom stereocenters. The van der Waals surface area contributed by atoms with Crippen LogP contribution in [0, 0.1) is 28.1 Å². The van der Waals surface area contributed by atoms with Crippen LogP contribution in [0.1, 0.15) is 182 Å². The number of guanidine groups is 3. The van der Waals surface area contributed by atoms with E-state index in [4.69, 9.17) is 67.8 Å². The number of hydrogen-bond donors (Lipinski definition) is 40. The Bertz CT molecular complexity index is 4470. The minimum atomic E-state index is -1.93. The van der Waals surface area contributed by atoms with Crippen molar-refractivity contribution in [2.45, 2.75) is 304 Å².